The fourth-order valence-electron chi connectivity index (χ4n) is 3.52. The molecule has 27 heavy (non-hydrogen) atoms. The average Bonchev–Trinajstić information content (AvgIpc) is 2.69. The lowest BCUT2D eigenvalue weighted by Crippen LogP contribution is -2.41. The molecule has 140 valence electrons. The van der Waals surface area contributed by atoms with Crippen LogP contribution in [0.3, 0.4) is 0 Å². The van der Waals surface area contributed by atoms with Gasteiger partial charge in [-0.2, -0.15) is 5.10 Å². The zero-order chi connectivity index (χ0) is 18.6. The lowest BCUT2D eigenvalue weighted by molar-refractivity contribution is 0.282. The predicted octanol–water partition coefficient (Wildman–Crippen LogP) is 4.21. The first-order chi connectivity index (χ1) is 13.2. The third-order valence-electron chi connectivity index (χ3n) is 4.91. The summed E-state index contributed by atoms with van der Waals surface area (Å²) in [5.41, 5.74) is 2.49. The van der Waals surface area contributed by atoms with Crippen LogP contribution in [0.15, 0.2) is 36.5 Å². The van der Waals surface area contributed by atoms with Crippen molar-refractivity contribution in [1.29, 1.82) is 0 Å². The normalized spacial score (nSPS) is 17.3. The molecular weight excluding hydrogens is 362 g/mol. The summed E-state index contributed by atoms with van der Waals surface area (Å²) in [5, 5.41) is 8.97. The summed E-state index contributed by atoms with van der Waals surface area (Å²) in [6.07, 6.45) is 6.09. The quantitative estimate of drug-likeness (QED) is 0.657. The number of fused-ring (bicyclic) bond motifs is 1. The van der Waals surface area contributed by atoms with Gasteiger partial charge in [-0.1, -0.05) is 11.6 Å². The molecule has 1 aliphatic rings. The van der Waals surface area contributed by atoms with E-state index in [1.54, 1.807) is 6.20 Å². The molecule has 0 N–H and O–H groups in total. The number of rotatable bonds is 5. The highest BCUT2D eigenvalue weighted by Gasteiger charge is 2.23. The molecule has 3 heterocycles. The molecule has 6 nitrogen and oxygen atoms in total. The van der Waals surface area contributed by atoms with E-state index in [-0.39, 0.29) is 0 Å². The molecule has 0 saturated carbocycles. The first-order valence-electron chi connectivity index (χ1n) is 9.31. The summed E-state index contributed by atoms with van der Waals surface area (Å²) in [4.78, 5) is 10.9. The van der Waals surface area contributed by atoms with Crippen molar-refractivity contribution in [2.45, 2.75) is 38.6 Å². The Hall–Kier alpha value is -2.47. The van der Waals surface area contributed by atoms with Crippen molar-refractivity contribution in [2.75, 3.05) is 18.1 Å². The highest BCUT2D eigenvalue weighted by Crippen LogP contribution is 2.25. The Bertz CT molecular complexity index is 918. The van der Waals surface area contributed by atoms with Crippen LogP contribution in [-0.2, 0) is 0 Å². The van der Waals surface area contributed by atoms with E-state index in [2.05, 4.69) is 31.1 Å². The molecule has 0 radical (unpaired) electrons. The molecule has 1 atom stereocenters. The van der Waals surface area contributed by atoms with Crippen LogP contribution in [0.4, 0.5) is 5.82 Å². The van der Waals surface area contributed by atoms with Crippen LogP contribution in [0.25, 0.3) is 11.0 Å². The minimum Gasteiger partial charge on any atom is -0.493 e. The lowest BCUT2D eigenvalue weighted by atomic mass is 9.99. The smallest absolute Gasteiger partial charge is 0.151 e. The van der Waals surface area contributed by atoms with Gasteiger partial charge in [0, 0.05) is 25.1 Å². The van der Waals surface area contributed by atoms with E-state index in [1.807, 2.05) is 31.2 Å². The van der Waals surface area contributed by atoms with Gasteiger partial charge in [-0.05, 0) is 50.5 Å². The number of ether oxygens (including phenoxy) is 1. The number of halogens is 1. The molecule has 1 fully saturated rings. The number of aromatic nitrogens is 4. The van der Waals surface area contributed by atoms with Crippen LogP contribution < -0.4 is 9.64 Å². The van der Waals surface area contributed by atoms with Crippen molar-refractivity contribution in [3.8, 4) is 5.75 Å². The van der Waals surface area contributed by atoms with Crippen molar-refractivity contribution in [2.24, 2.45) is 0 Å². The van der Waals surface area contributed by atoms with Gasteiger partial charge >= 0.3 is 0 Å². The van der Waals surface area contributed by atoms with E-state index >= 15 is 0 Å². The van der Waals surface area contributed by atoms with Crippen molar-refractivity contribution in [3.63, 3.8) is 0 Å². The van der Waals surface area contributed by atoms with Crippen molar-refractivity contribution in [1.82, 2.24) is 20.2 Å². The van der Waals surface area contributed by atoms with Gasteiger partial charge in [-0.15, -0.1) is 5.10 Å². The van der Waals surface area contributed by atoms with Crippen LogP contribution >= 0.6 is 11.6 Å². The molecule has 1 unspecified atom stereocenters. The summed E-state index contributed by atoms with van der Waals surface area (Å²) >= 11 is 5.88. The zero-order valence-corrected chi connectivity index (χ0v) is 16.1. The standard InChI is InChI=1S/C20H22ClN5O/c1-14-5-8-20(25-24-14)26-10-3-2-4-15(26)9-11-27-16-6-7-17-18(12-16)22-13-19(21)23-17/h5-8,12-13,15H,2-4,9-11H2,1H3. The van der Waals surface area contributed by atoms with Gasteiger partial charge in [0.2, 0.25) is 0 Å². The summed E-state index contributed by atoms with van der Waals surface area (Å²) in [6.45, 7) is 3.63. The number of benzene rings is 1. The zero-order valence-electron chi connectivity index (χ0n) is 15.3. The Kier molecular flexibility index (Phi) is 5.34. The van der Waals surface area contributed by atoms with Crippen LogP contribution in [0.1, 0.15) is 31.4 Å². The molecular formula is C20H22ClN5O. The monoisotopic (exact) mass is 383 g/mol. The molecule has 1 aromatic carbocycles. The largest absolute Gasteiger partial charge is 0.493 e. The van der Waals surface area contributed by atoms with E-state index in [4.69, 9.17) is 16.3 Å². The number of aryl methyl sites for hydroxylation is 1. The second kappa shape index (κ2) is 8.05. The fourth-order valence-corrected chi connectivity index (χ4v) is 3.66. The Morgan fingerprint density at radius 3 is 2.93 bits per heavy atom. The molecule has 7 heteroatoms. The third-order valence-corrected chi connectivity index (χ3v) is 5.09. The molecule has 0 spiro atoms. The van der Waals surface area contributed by atoms with Gasteiger partial charge in [-0.25, -0.2) is 4.98 Å². The van der Waals surface area contributed by atoms with E-state index in [0.29, 0.717) is 17.8 Å². The Morgan fingerprint density at radius 2 is 2.07 bits per heavy atom. The topological polar surface area (TPSA) is 64.0 Å². The van der Waals surface area contributed by atoms with Crippen molar-refractivity contribution < 1.29 is 4.74 Å². The molecule has 0 bridgehead atoms. The molecule has 2 aromatic heterocycles. The van der Waals surface area contributed by atoms with E-state index in [0.717, 1.165) is 47.7 Å². The van der Waals surface area contributed by atoms with Crippen molar-refractivity contribution >= 4 is 28.5 Å². The lowest BCUT2D eigenvalue weighted by Gasteiger charge is -2.36. The highest BCUT2D eigenvalue weighted by molar-refractivity contribution is 6.29. The van der Waals surface area contributed by atoms with E-state index in [1.165, 1.54) is 12.8 Å². The second-order valence-electron chi connectivity index (χ2n) is 6.86. The van der Waals surface area contributed by atoms with Crippen LogP contribution in [-0.4, -0.2) is 39.4 Å². The Morgan fingerprint density at radius 1 is 1.15 bits per heavy atom. The minimum atomic E-state index is 0.396. The van der Waals surface area contributed by atoms with Crippen LogP contribution in [0.2, 0.25) is 5.15 Å². The number of nitrogens with zero attached hydrogens (tertiary/aromatic N) is 5. The first kappa shape index (κ1) is 17.9. The number of hydrogen-bond acceptors (Lipinski definition) is 6. The number of anilines is 1. The third kappa shape index (κ3) is 4.27. The predicted molar refractivity (Wildman–Crippen MR) is 106 cm³/mol. The van der Waals surface area contributed by atoms with Gasteiger partial charge in [0.15, 0.2) is 5.82 Å². The fraction of sp³-hybridized carbons (Fsp3) is 0.400. The average molecular weight is 384 g/mol. The maximum absolute atomic E-state index is 5.99. The van der Waals surface area contributed by atoms with Gasteiger partial charge < -0.3 is 9.64 Å². The second-order valence-corrected chi connectivity index (χ2v) is 7.24. The van der Waals surface area contributed by atoms with Crippen LogP contribution in [0, 0.1) is 6.92 Å². The summed E-state index contributed by atoms with van der Waals surface area (Å²) in [7, 11) is 0. The molecule has 0 amide bonds. The number of piperidine rings is 1. The highest BCUT2D eigenvalue weighted by atomic mass is 35.5. The van der Waals surface area contributed by atoms with Gasteiger partial charge in [-0.3, -0.25) is 4.98 Å². The minimum absolute atomic E-state index is 0.396. The summed E-state index contributed by atoms with van der Waals surface area (Å²) in [5.74, 6) is 1.76. The first-order valence-corrected chi connectivity index (χ1v) is 9.69. The van der Waals surface area contributed by atoms with Crippen molar-refractivity contribution in [3.05, 3.63) is 47.4 Å². The SMILES string of the molecule is Cc1ccc(N2CCCCC2CCOc2ccc3nc(Cl)cnc3c2)nn1. The maximum Gasteiger partial charge on any atom is 0.151 e. The Balaban J connectivity index is 1.39. The Labute approximate surface area is 163 Å². The van der Waals surface area contributed by atoms with Crippen LogP contribution in [0.5, 0.6) is 5.75 Å². The van der Waals surface area contributed by atoms with Gasteiger partial charge in [0.25, 0.3) is 0 Å². The molecule has 0 aliphatic carbocycles. The van der Waals surface area contributed by atoms with Gasteiger partial charge in [0.1, 0.15) is 10.9 Å². The van der Waals surface area contributed by atoms with Gasteiger partial charge in [0.05, 0.1) is 29.5 Å². The van der Waals surface area contributed by atoms with E-state index in [9.17, 15) is 0 Å². The number of hydrogen-bond donors (Lipinski definition) is 0. The summed E-state index contributed by atoms with van der Waals surface area (Å²) in [6, 6.07) is 10.2. The maximum atomic E-state index is 5.99. The molecule has 1 saturated heterocycles. The molecule has 1 aliphatic heterocycles. The molecule has 3 aromatic rings. The molecule has 4 rings (SSSR count). The summed E-state index contributed by atoms with van der Waals surface area (Å²) < 4.78 is 5.99. The van der Waals surface area contributed by atoms with E-state index < -0.39 is 0 Å².